The summed E-state index contributed by atoms with van der Waals surface area (Å²) in [7, 11) is 0. The summed E-state index contributed by atoms with van der Waals surface area (Å²) in [5, 5.41) is -0.831. The van der Waals surface area contributed by atoms with Gasteiger partial charge in [-0.3, -0.25) is 0 Å². The third-order valence-electron chi connectivity index (χ3n) is 2.34. The van der Waals surface area contributed by atoms with Crippen LogP contribution in [-0.2, 0) is 5.06 Å². The Bertz CT molecular complexity index is 437. The Morgan fingerprint density at radius 1 is 0.875 bits per heavy atom. The lowest BCUT2D eigenvalue weighted by Crippen LogP contribution is -2.21. The van der Waals surface area contributed by atoms with Gasteiger partial charge in [-0.05, 0) is 19.1 Å². The van der Waals surface area contributed by atoms with Gasteiger partial charge in [-0.2, -0.15) is 0 Å². The lowest BCUT2D eigenvalue weighted by atomic mass is 10.1. The first-order valence-electron chi connectivity index (χ1n) is 5.17. The van der Waals surface area contributed by atoms with Gasteiger partial charge >= 0.3 is 0 Å². The van der Waals surface area contributed by atoms with E-state index in [9.17, 15) is 0 Å². The minimum absolute atomic E-state index is 0.767. The maximum absolute atomic E-state index is 6.37. The smallest absolute Gasteiger partial charge is 0.205 e. The van der Waals surface area contributed by atoms with Crippen LogP contribution in [0.4, 0.5) is 0 Å². The van der Waals surface area contributed by atoms with Gasteiger partial charge in [0.1, 0.15) is 5.75 Å². The molecule has 2 aromatic carbocycles. The Morgan fingerprint density at radius 3 is 1.94 bits per heavy atom. The van der Waals surface area contributed by atoms with Gasteiger partial charge in [-0.15, -0.1) is 0 Å². The Labute approximate surface area is 101 Å². The van der Waals surface area contributed by atoms with Crippen molar-refractivity contribution in [3.63, 3.8) is 0 Å². The molecule has 2 rings (SSSR count). The predicted molar refractivity (Wildman–Crippen MR) is 66.7 cm³/mol. The van der Waals surface area contributed by atoms with Gasteiger partial charge in [-0.1, -0.05) is 60.1 Å². The maximum atomic E-state index is 6.37. The Morgan fingerprint density at radius 2 is 1.38 bits per heavy atom. The van der Waals surface area contributed by atoms with Crippen LogP contribution in [0.25, 0.3) is 0 Å². The quantitative estimate of drug-likeness (QED) is 0.722. The molecule has 0 aliphatic carbocycles. The van der Waals surface area contributed by atoms with Crippen molar-refractivity contribution in [2.45, 2.75) is 12.0 Å². The number of halogens is 1. The molecule has 1 nitrogen and oxygen atoms in total. The first kappa shape index (κ1) is 11.0. The number of hydrogen-bond acceptors (Lipinski definition) is 1. The van der Waals surface area contributed by atoms with E-state index in [0.717, 1.165) is 11.3 Å². The number of hydrogen-bond donors (Lipinski definition) is 0. The van der Waals surface area contributed by atoms with Crippen LogP contribution in [0, 0.1) is 0 Å². The monoisotopic (exact) mass is 232 g/mol. The molecule has 0 fully saturated rings. The first-order valence-corrected chi connectivity index (χ1v) is 5.55. The Hall–Kier alpha value is -1.47. The fourth-order valence-electron chi connectivity index (χ4n) is 1.50. The minimum atomic E-state index is -0.831. The molecule has 0 N–H and O–H groups in total. The van der Waals surface area contributed by atoms with E-state index in [1.54, 1.807) is 0 Å². The second-order valence-corrected chi connectivity index (χ2v) is 4.42. The molecule has 16 heavy (non-hydrogen) atoms. The van der Waals surface area contributed by atoms with E-state index < -0.39 is 5.06 Å². The van der Waals surface area contributed by atoms with Crippen LogP contribution in [0.5, 0.6) is 5.75 Å². The van der Waals surface area contributed by atoms with Crippen molar-refractivity contribution in [1.82, 2.24) is 0 Å². The highest BCUT2D eigenvalue weighted by molar-refractivity contribution is 6.22. The Balaban J connectivity index is 2.21. The van der Waals surface area contributed by atoms with Crippen molar-refractivity contribution < 1.29 is 4.74 Å². The lowest BCUT2D eigenvalue weighted by Gasteiger charge is -2.24. The zero-order chi connectivity index (χ0) is 11.4. The molecule has 0 spiro atoms. The molecular formula is C14H13ClO. The topological polar surface area (TPSA) is 9.23 Å². The largest absolute Gasteiger partial charge is 0.468 e. The van der Waals surface area contributed by atoms with E-state index in [1.807, 2.05) is 67.6 Å². The summed E-state index contributed by atoms with van der Waals surface area (Å²) in [4.78, 5) is 0. The first-order chi connectivity index (χ1) is 7.68. The van der Waals surface area contributed by atoms with Crippen molar-refractivity contribution in [2.24, 2.45) is 0 Å². The fourth-order valence-corrected chi connectivity index (χ4v) is 1.72. The molecule has 1 atom stereocenters. The zero-order valence-corrected chi connectivity index (χ0v) is 9.82. The average Bonchev–Trinajstić information content (AvgIpc) is 2.31. The molecule has 0 bridgehead atoms. The molecule has 0 aromatic heterocycles. The SMILES string of the molecule is CC(Cl)(Oc1ccccc1)c1ccccc1. The molecule has 0 heterocycles. The summed E-state index contributed by atoms with van der Waals surface area (Å²) in [6.07, 6.45) is 0. The number of alkyl halides is 1. The molecule has 0 saturated carbocycles. The maximum Gasteiger partial charge on any atom is 0.205 e. The normalized spacial score (nSPS) is 14.1. The van der Waals surface area contributed by atoms with Crippen LogP contribution in [0.3, 0.4) is 0 Å². The summed E-state index contributed by atoms with van der Waals surface area (Å²) in [6, 6.07) is 19.3. The third-order valence-corrected chi connectivity index (χ3v) is 2.64. The fraction of sp³-hybridized carbons (Fsp3) is 0.143. The van der Waals surface area contributed by atoms with E-state index in [-0.39, 0.29) is 0 Å². The number of para-hydroxylation sites is 1. The van der Waals surface area contributed by atoms with Gasteiger partial charge in [0.15, 0.2) is 0 Å². The van der Waals surface area contributed by atoms with Crippen LogP contribution in [0.1, 0.15) is 12.5 Å². The molecule has 2 aromatic rings. The molecule has 0 radical (unpaired) electrons. The summed E-state index contributed by atoms with van der Waals surface area (Å²) in [5.41, 5.74) is 0.945. The summed E-state index contributed by atoms with van der Waals surface area (Å²) < 4.78 is 5.75. The Kier molecular flexibility index (Phi) is 3.16. The highest BCUT2D eigenvalue weighted by Crippen LogP contribution is 2.31. The molecule has 0 amide bonds. The third kappa shape index (κ3) is 2.56. The summed E-state index contributed by atoms with van der Waals surface area (Å²) in [6.45, 7) is 1.84. The van der Waals surface area contributed by atoms with Gasteiger partial charge in [0.05, 0.1) is 0 Å². The van der Waals surface area contributed by atoms with E-state index in [4.69, 9.17) is 16.3 Å². The second kappa shape index (κ2) is 4.58. The number of ether oxygens (including phenoxy) is 1. The van der Waals surface area contributed by atoms with E-state index in [2.05, 4.69) is 0 Å². The highest BCUT2D eigenvalue weighted by atomic mass is 35.5. The van der Waals surface area contributed by atoms with Gasteiger partial charge < -0.3 is 4.74 Å². The number of rotatable bonds is 3. The van der Waals surface area contributed by atoms with Crippen molar-refractivity contribution in [3.8, 4) is 5.75 Å². The van der Waals surface area contributed by atoms with E-state index >= 15 is 0 Å². The molecule has 1 unspecified atom stereocenters. The van der Waals surface area contributed by atoms with Crippen molar-refractivity contribution in [3.05, 3.63) is 66.2 Å². The van der Waals surface area contributed by atoms with E-state index in [0.29, 0.717) is 0 Å². The van der Waals surface area contributed by atoms with Gasteiger partial charge in [-0.25, -0.2) is 0 Å². The van der Waals surface area contributed by atoms with Crippen molar-refractivity contribution in [2.75, 3.05) is 0 Å². The van der Waals surface area contributed by atoms with Gasteiger partial charge in [0.25, 0.3) is 0 Å². The van der Waals surface area contributed by atoms with Crippen LogP contribution in [0.2, 0.25) is 0 Å². The molecule has 2 heteroatoms. The highest BCUT2D eigenvalue weighted by Gasteiger charge is 2.25. The van der Waals surface area contributed by atoms with Gasteiger partial charge in [0.2, 0.25) is 5.06 Å². The van der Waals surface area contributed by atoms with Crippen molar-refractivity contribution in [1.29, 1.82) is 0 Å². The molecule has 82 valence electrons. The zero-order valence-electron chi connectivity index (χ0n) is 9.06. The van der Waals surface area contributed by atoms with Crippen LogP contribution < -0.4 is 4.74 Å². The molecule has 0 aliphatic rings. The number of benzene rings is 2. The van der Waals surface area contributed by atoms with E-state index in [1.165, 1.54) is 0 Å². The lowest BCUT2D eigenvalue weighted by molar-refractivity contribution is 0.180. The van der Waals surface area contributed by atoms with Crippen molar-refractivity contribution >= 4 is 11.6 Å². The van der Waals surface area contributed by atoms with Gasteiger partial charge in [0, 0.05) is 5.56 Å². The molecule has 0 aliphatic heterocycles. The average molecular weight is 233 g/mol. The van der Waals surface area contributed by atoms with Crippen LogP contribution in [-0.4, -0.2) is 0 Å². The standard InChI is InChI=1S/C14H13ClO/c1-14(15,12-8-4-2-5-9-12)16-13-10-6-3-7-11-13/h2-11H,1H3. The molecular weight excluding hydrogens is 220 g/mol. The summed E-state index contributed by atoms with van der Waals surface area (Å²) >= 11 is 6.37. The summed E-state index contributed by atoms with van der Waals surface area (Å²) in [5.74, 6) is 0.767. The minimum Gasteiger partial charge on any atom is -0.468 e. The van der Waals surface area contributed by atoms with Crippen LogP contribution >= 0.6 is 11.6 Å². The predicted octanol–water partition coefficient (Wildman–Crippen LogP) is 4.18. The second-order valence-electron chi connectivity index (χ2n) is 3.70. The molecule has 0 saturated heterocycles. The van der Waals surface area contributed by atoms with Crippen LogP contribution in [0.15, 0.2) is 60.7 Å².